The standard InChI is InChI=1S/C9H11N3O3S/c10-16(14,15)8-4-9(13)12(6-8)7-2-1-3-11-5-7/h1-3,5,8H,4,6H2,(H2,10,14,15). The number of hydrogen-bond acceptors (Lipinski definition) is 4. The maximum absolute atomic E-state index is 11.6. The molecule has 0 spiro atoms. The highest BCUT2D eigenvalue weighted by molar-refractivity contribution is 7.89. The highest BCUT2D eigenvalue weighted by Gasteiger charge is 2.37. The van der Waals surface area contributed by atoms with Gasteiger partial charge in [0.2, 0.25) is 15.9 Å². The lowest BCUT2D eigenvalue weighted by Gasteiger charge is -2.15. The molecule has 1 aliphatic heterocycles. The van der Waals surface area contributed by atoms with E-state index in [9.17, 15) is 13.2 Å². The van der Waals surface area contributed by atoms with Gasteiger partial charge in [-0.05, 0) is 12.1 Å². The van der Waals surface area contributed by atoms with Crippen molar-refractivity contribution in [3.63, 3.8) is 0 Å². The number of pyridine rings is 1. The molecule has 7 heteroatoms. The second-order valence-electron chi connectivity index (χ2n) is 3.63. The van der Waals surface area contributed by atoms with Crippen LogP contribution < -0.4 is 10.0 Å². The van der Waals surface area contributed by atoms with Crippen LogP contribution in [-0.4, -0.2) is 31.1 Å². The van der Waals surface area contributed by atoms with E-state index in [4.69, 9.17) is 5.14 Å². The van der Waals surface area contributed by atoms with Gasteiger partial charge in [-0.3, -0.25) is 9.78 Å². The molecule has 2 heterocycles. The smallest absolute Gasteiger partial charge is 0.228 e. The molecule has 1 aromatic heterocycles. The molecule has 6 nitrogen and oxygen atoms in total. The van der Waals surface area contributed by atoms with Crippen LogP contribution in [0.25, 0.3) is 0 Å². The van der Waals surface area contributed by atoms with Gasteiger partial charge in [0.25, 0.3) is 0 Å². The van der Waals surface area contributed by atoms with E-state index >= 15 is 0 Å². The molecule has 0 aliphatic carbocycles. The summed E-state index contributed by atoms with van der Waals surface area (Å²) >= 11 is 0. The molecule has 2 N–H and O–H groups in total. The highest BCUT2D eigenvalue weighted by Crippen LogP contribution is 2.22. The number of nitrogens with zero attached hydrogens (tertiary/aromatic N) is 2. The summed E-state index contributed by atoms with van der Waals surface area (Å²) in [5.41, 5.74) is 0.596. The predicted molar refractivity (Wildman–Crippen MR) is 58.1 cm³/mol. The number of carbonyl (C=O) groups is 1. The highest BCUT2D eigenvalue weighted by atomic mass is 32.2. The van der Waals surface area contributed by atoms with Gasteiger partial charge in [0.1, 0.15) is 5.25 Å². The lowest BCUT2D eigenvalue weighted by Crippen LogP contribution is -2.32. The lowest BCUT2D eigenvalue weighted by molar-refractivity contribution is -0.117. The molecule has 86 valence electrons. The summed E-state index contributed by atoms with van der Waals surface area (Å²) in [6.45, 7) is 0.101. The number of nitrogens with two attached hydrogens (primary N) is 1. The Morgan fingerprint density at radius 2 is 2.25 bits per heavy atom. The van der Waals surface area contributed by atoms with Crippen LogP contribution >= 0.6 is 0 Å². The average molecular weight is 241 g/mol. The number of amides is 1. The molecule has 0 saturated carbocycles. The molecule has 2 rings (SSSR count). The Morgan fingerprint density at radius 1 is 1.50 bits per heavy atom. The lowest BCUT2D eigenvalue weighted by atomic mass is 10.4. The Balaban J connectivity index is 2.25. The van der Waals surface area contributed by atoms with E-state index in [0.29, 0.717) is 5.69 Å². The van der Waals surface area contributed by atoms with Gasteiger partial charge in [-0.15, -0.1) is 0 Å². The first-order valence-corrected chi connectivity index (χ1v) is 6.31. The number of hydrogen-bond donors (Lipinski definition) is 1. The summed E-state index contributed by atoms with van der Waals surface area (Å²) in [6, 6.07) is 3.39. The summed E-state index contributed by atoms with van der Waals surface area (Å²) in [4.78, 5) is 16.9. The molecule has 0 aromatic carbocycles. The average Bonchev–Trinajstić information content (AvgIpc) is 2.61. The maximum atomic E-state index is 11.6. The minimum atomic E-state index is -3.66. The van der Waals surface area contributed by atoms with Crippen LogP contribution in [0.3, 0.4) is 0 Å². The molecule has 1 atom stereocenters. The number of sulfonamides is 1. The molecular weight excluding hydrogens is 230 g/mol. The number of carbonyl (C=O) groups excluding carboxylic acids is 1. The van der Waals surface area contributed by atoms with Gasteiger partial charge in [-0.1, -0.05) is 0 Å². The predicted octanol–water partition coefficient (Wildman–Crippen LogP) is -0.525. The van der Waals surface area contributed by atoms with Gasteiger partial charge >= 0.3 is 0 Å². The van der Waals surface area contributed by atoms with E-state index < -0.39 is 15.3 Å². The minimum Gasteiger partial charge on any atom is -0.309 e. The van der Waals surface area contributed by atoms with Crippen molar-refractivity contribution >= 4 is 21.6 Å². The number of anilines is 1. The van der Waals surface area contributed by atoms with Gasteiger partial charge in [0.05, 0.1) is 11.9 Å². The number of aromatic nitrogens is 1. The first-order valence-electron chi connectivity index (χ1n) is 4.70. The van der Waals surface area contributed by atoms with Crippen molar-refractivity contribution in [2.75, 3.05) is 11.4 Å². The Kier molecular flexibility index (Phi) is 2.64. The van der Waals surface area contributed by atoms with Crippen molar-refractivity contribution in [1.82, 2.24) is 4.98 Å². The van der Waals surface area contributed by atoms with Crippen LogP contribution in [-0.2, 0) is 14.8 Å². The molecule has 1 unspecified atom stereocenters. The van der Waals surface area contributed by atoms with Crippen molar-refractivity contribution in [2.24, 2.45) is 5.14 Å². The van der Waals surface area contributed by atoms with Crippen LogP contribution in [0.4, 0.5) is 5.69 Å². The molecular formula is C9H11N3O3S. The molecule has 1 aliphatic rings. The minimum absolute atomic E-state index is 0.0618. The fraction of sp³-hybridized carbons (Fsp3) is 0.333. The third-order valence-corrected chi connectivity index (χ3v) is 3.76. The Hall–Kier alpha value is -1.47. The van der Waals surface area contributed by atoms with E-state index in [2.05, 4.69) is 4.98 Å². The van der Waals surface area contributed by atoms with Crippen LogP contribution in [0.2, 0.25) is 0 Å². The fourth-order valence-corrected chi connectivity index (χ4v) is 2.39. The van der Waals surface area contributed by atoms with Crippen LogP contribution in [0, 0.1) is 0 Å². The van der Waals surface area contributed by atoms with E-state index in [1.807, 2.05) is 0 Å². The Bertz CT molecular complexity index is 500. The van der Waals surface area contributed by atoms with Gasteiger partial charge in [-0.25, -0.2) is 13.6 Å². The summed E-state index contributed by atoms with van der Waals surface area (Å²) < 4.78 is 22.3. The fourth-order valence-electron chi connectivity index (χ4n) is 1.66. The van der Waals surface area contributed by atoms with Crippen molar-refractivity contribution < 1.29 is 13.2 Å². The van der Waals surface area contributed by atoms with Crippen molar-refractivity contribution in [1.29, 1.82) is 0 Å². The van der Waals surface area contributed by atoms with E-state index in [0.717, 1.165) is 0 Å². The normalized spacial score (nSPS) is 21.4. The number of primary sulfonamides is 1. The zero-order valence-corrected chi connectivity index (χ0v) is 9.22. The molecule has 0 radical (unpaired) electrons. The Labute approximate surface area is 93.1 Å². The molecule has 1 aromatic rings. The summed E-state index contributed by atoms with van der Waals surface area (Å²) in [6.07, 6.45) is 3.04. The second kappa shape index (κ2) is 3.84. The van der Waals surface area contributed by atoms with Gasteiger partial charge in [0, 0.05) is 19.2 Å². The molecule has 16 heavy (non-hydrogen) atoms. The monoisotopic (exact) mass is 241 g/mol. The zero-order chi connectivity index (χ0) is 11.8. The topological polar surface area (TPSA) is 93.4 Å². The quantitative estimate of drug-likeness (QED) is 0.753. The van der Waals surface area contributed by atoms with E-state index in [1.54, 1.807) is 18.3 Å². The van der Waals surface area contributed by atoms with E-state index in [1.165, 1.54) is 11.1 Å². The van der Waals surface area contributed by atoms with Crippen LogP contribution in [0.15, 0.2) is 24.5 Å². The summed E-state index contributed by atoms with van der Waals surface area (Å²) in [5, 5.41) is 4.20. The van der Waals surface area contributed by atoms with Crippen LogP contribution in [0.1, 0.15) is 6.42 Å². The van der Waals surface area contributed by atoms with Gasteiger partial charge in [0.15, 0.2) is 0 Å². The summed E-state index contributed by atoms with van der Waals surface area (Å²) in [7, 11) is -3.66. The van der Waals surface area contributed by atoms with E-state index in [-0.39, 0.29) is 18.9 Å². The van der Waals surface area contributed by atoms with Crippen molar-refractivity contribution in [3.8, 4) is 0 Å². The summed E-state index contributed by atoms with van der Waals surface area (Å²) in [5.74, 6) is -0.243. The molecule has 1 saturated heterocycles. The first kappa shape index (κ1) is 11.0. The molecule has 1 amide bonds. The van der Waals surface area contributed by atoms with Crippen molar-refractivity contribution in [3.05, 3.63) is 24.5 Å². The van der Waals surface area contributed by atoms with Crippen molar-refractivity contribution in [2.45, 2.75) is 11.7 Å². The Morgan fingerprint density at radius 3 is 2.75 bits per heavy atom. The molecule has 0 bridgehead atoms. The van der Waals surface area contributed by atoms with Gasteiger partial charge in [-0.2, -0.15) is 0 Å². The van der Waals surface area contributed by atoms with Crippen LogP contribution in [0.5, 0.6) is 0 Å². The maximum Gasteiger partial charge on any atom is 0.228 e. The third-order valence-electron chi connectivity index (χ3n) is 2.51. The third kappa shape index (κ3) is 2.05. The largest absolute Gasteiger partial charge is 0.309 e. The first-order chi connectivity index (χ1) is 7.48. The van der Waals surface area contributed by atoms with Gasteiger partial charge < -0.3 is 4.90 Å². The zero-order valence-electron chi connectivity index (χ0n) is 8.41. The SMILES string of the molecule is NS(=O)(=O)C1CC(=O)N(c2cccnc2)C1. The molecule has 1 fully saturated rings. The number of rotatable bonds is 2. The second-order valence-corrected chi connectivity index (χ2v) is 5.48.